The molecule has 9 nitrogen and oxygen atoms in total. The maximum Gasteiger partial charge on any atom is 0.227 e. The van der Waals surface area contributed by atoms with Crippen LogP contribution in [-0.4, -0.2) is 64.5 Å². The van der Waals surface area contributed by atoms with E-state index < -0.39 is 5.54 Å². The van der Waals surface area contributed by atoms with E-state index in [1.54, 1.807) is 6.20 Å². The number of halogens is 1. The largest absolute Gasteiger partial charge is 0.353 e. The first-order valence-corrected chi connectivity index (χ1v) is 11.7. The van der Waals surface area contributed by atoms with E-state index in [0.717, 1.165) is 30.9 Å². The summed E-state index contributed by atoms with van der Waals surface area (Å²) in [5, 5.41) is 7.07. The van der Waals surface area contributed by atoms with Crippen molar-refractivity contribution in [2.24, 2.45) is 5.92 Å². The van der Waals surface area contributed by atoms with Gasteiger partial charge in [-0.05, 0) is 38.9 Å². The van der Waals surface area contributed by atoms with Crippen LogP contribution in [0.25, 0.3) is 5.65 Å². The summed E-state index contributed by atoms with van der Waals surface area (Å²) in [5.74, 6) is 1.23. The van der Waals surface area contributed by atoms with Crippen LogP contribution in [0.5, 0.6) is 0 Å². The van der Waals surface area contributed by atoms with E-state index in [4.69, 9.17) is 16.6 Å². The van der Waals surface area contributed by atoms with Gasteiger partial charge in [0.25, 0.3) is 0 Å². The van der Waals surface area contributed by atoms with Gasteiger partial charge in [0.2, 0.25) is 11.9 Å². The molecule has 1 unspecified atom stereocenters. The maximum absolute atomic E-state index is 13.0. The number of rotatable bonds is 6. The van der Waals surface area contributed by atoms with Crippen LogP contribution in [0.2, 0.25) is 5.02 Å². The van der Waals surface area contributed by atoms with Gasteiger partial charge in [0.05, 0.1) is 29.5 Å². The topological polar surface area (TPSA) is 90.7 Å². The van der Waals surface area contributed by atoms with Gasteiger partial charge in [0.15, 0.2) is 5.82 Å². The van der Waals surface area contributed by atoms with E-state index in [-0.39, 0.29) is 11.8 Å². The minimum Gasteiger partial charge on any atom is -0.353 e. The van der Waals surface area contributed by atoms with E-state index >= 15 is 0 Å². The lowest BCUT2D eigenvalue weighted by atomic mass is 9.95. The minimum absolute atomic E-state index is 0.0154. The fourth-order valence-corrected chi connectivity index (χ4v) is 4.77. The molecule has 5 heterocycles. The van der Waals surface area contributed by atoms with Crippen molar-refractivity contribution in [1.82, 2.24) is 30.0 Å². The number of carbonyl (C=O) groups is 1. The minimum atomic E-state index is -0.559. The second-order valence-electron chi connectivity index (χ2n) is 9.39. The summed E-state index contributed by atoms with van der Waals surface area (Å²) < 4.78 is 2.01. The van der Waals surface area contributed by atoms with Crippen molar-refractivity contribution < 1.29 is 4.79 Å². The highest BCUT2D eigenvalue weighted by Crippen LogP contribution is 2.32. The number of fused-ring (bicyclic) bond motifs is 1. The van der Waals surface area contributed by atoms with Crippen LogP contribution in [0.1, 0.15) is 26.0 Å². The molecule has 3 aromatic heterocycles. The zero-order chi connectivity index (χ0) is 23.2. The maximum atomic E-state index is 13.0. The summed E-state index contributed by atoms with van der Waals surface area (Å²) in [5.41, 5.74) is 1.24. The molecule has 33 heavy (non-hydrogen) atoms. The Morgan fingerprint density at radius 3 is 2.85 bits per heavy atom. The predicted molar refractivity (Wildman–Crippen MR) is 129 cm³/mol. The first-order valence-electron chi connectivity index (χ1n) is 11.3. The van der Waals surface area contributed by atoms with Gasteiger partial charge in [-0.15, -0.1) is 0 Å². The smallest absolute Gasteiger partial charge is 0.227 e. The number of aromatic nitrogens is 4. The van der Waals surface area contributed by atoms with Crippen LogP contribution in [-0.2, 0) is 10.3 Å². The summed E-state index contributed by atoms with van der Waals surface area (Å²) in [6.45, 7) is 7.06. The Morgan fingerprint density at radius 2 is 2.09 bits per heavy atom. The quantitative estimate of drug-likeness (QED) is 0.572. The van der Waals surface area contributed by atoms with Gasteiger partial charge in [-0.1, -0.05) is 17.7 Å². The zero-order valence-electron chi connectivity index (χ0n) is 19.1. The van der Waals surface area contributed by atoms with Gasteiger partial charge >= 0.3 is 0 Å². The highest BCUT2D eigenvalue weighted by Gasteiger charge is 2.38. The van der Waals surface area contributed by atoms with Crippen LogP contribution in [0, 0.1) is 5.92 Å². The molecule has 10 heteroatoms. The van der Waals surface area contributed by atoms with Crippen molar-refractivity contribution in [2.45, 2.75) is 31.8 Å². The molecule has 3 aromatic rings. The molecule has 0 spiro atoms. The van der Waals surface area contributed by atoms with Crippen LogP contribution < -0.4 is 20.4 Å². The number of hydrogen-bond acceptors (Lipinski definition) is 7. The lowest BCUT2D eigenvalue weighted by molar-refractivity contribution is -0.127. The van der Waals surface area contributed by atoms with E-state index in [0.29, 0.717) is 35.9 Å². The molecule has 2 N–H and O–H groups in total. The first-order chi connectivity index (χ1) is 15.8. The molecule has 2 aliphatic rings. The Kier molecular flexibility index (Phi) is 5.62. The number of imidazole rings is 1. The highest BCUT2D eigenvalue weighted by atomic mass is 35.5. The van der Waals surface area contributed by atoms with E-state index in [1.807, 2.05) is 60.8 Å². The fourth-order valence-electron chi connectivity index (χ4n) is 4.56. The summed E-state index contributed by atoms with van der Waals surface area (Å²) in [7, 11) is 2.01. The summed E-state index contributed by atoms with van der Waals surface area (Å²) >= 11 is 6.42. The molecular weight excluding hydrogens is 440 g/mol. The number of amides is 1. The number of nitrogens with one attached hydrogen (secondary N) is 2. The fraction of sp³-hybridized carbons (Fsp3) is 0.478. The summed E-state index contributed by atoms with van der Waals surface area (Å²) in [6.07, 6.45) is 6.50. The molecule has 5 rings (SSSR count). The van der Waals surface area contributed by atoms with Gasteiger partial charge in [-0.25, -0.2) is 9.97 Å². The molecule has 2 aliphatic heterocycles. The van der Waals surface area contributed by atoms with Gasteiger partial charge in [-0.3, -0.25) is 4.79 Å². The van der Waals surface area contributed by atoms with Crippen molar-refractivity contribution >= 4 is 34.9 Å². The monoisotopic (exact) mass is 468 g/mol. The molecule has 2 fully saturated rings. The number of pyridine rings is 1. The van der Waals surface area contributed by atoms with Crippen LogP contribution >= 0.6 is 11.6 Å². The predicted octanol–water partition coefficient (Wildman–Crippen LogP) is 2.06. The number of likely N-dealkylation sites (N-methyl/N-ethyl adjacent to an activating group) is 1. The lowest BCUT2D eigenvalue weighted by Gasteiger charge is -2.41. The van der Waals surface area contributed by atoms with E-state index in [9.17, 15) is 4.79 Å². The normalized spacial score (nSPS) is 19.0. The van der Waals surface area contributed by atoms with Crippen molar-refractivity contribution in [1.29, 1.82) is 0 Å². The molecule has 1 amide bonds. The molecule has 1 atom stereocenters. The van der Waals surface area contributed by atoms with Gasteiger partial charge < -0.3 is 24.8 Å². The lowest BCUT2D eigenvalue weighted by Crippen LogP contribution is -2.57. The zero-order valence-corrected chi connectivity index (χ0v) is 19.9. The Balaban J connectivity index is 1.24. The van der Waals surface area contributed by atoms with E-state index in [1.165, 1.54) is 0 Å². The van der Waals surface area contributed by atoms with Crippen molar-refractivity contribution in [3.05, 3.63) is 47.5 Å². The third-order valence-corrected chi connectivity index (χ3v) is 6.92. The Morgan fingerprint density at radius 1 is 1.27 bits per heavy atom. The SMILES string of the molecule is CN(c1ncc(Cl)c(N2CC(C(=O)NC(C)(C)c3cnc4ccccn34)C2)n1)C1CCNC1. The third-order valence-electron chi connectivity index (χ3n) is 6.66. The summed E-state index contributed by atoms with van der Waals surface area (Å²) in [6, 6.07) is 6.23. The number of anilines is 2. The number of hydrogen-bond donors (Lipinski definition) is 2. The van der Waals surface area contributed by atoms with Crippen LogP contribution in [0.4, 0.5) is 11.8 Å². The number of carbonyl (C=O) groups excluding carboxylic acids is 1. The standard InChI is InChI=1S/C23H29ClN8O/c1-23(2,18-12-26-19-6-4-5-9-32(18)19)29-21(33)15-13-31(14-15)20-17(24)11-27-22(28-20)30(3)16-7-8-25-10-16/h4-6,9,11-12,15-16,25H,7-8,10,13-14H2,1-3H3,(H,29,33). The van der Waals surface area contributed by atoms with Crippen molar-refractivity contribution in [3.63, 3.8) is 0 Å². The van der Waals surface area contributed by atoms with Crippen molar-refractivity contribution in [3.8, 4) is 0 Å². The highest BCUT2D eigenvalue weighted by molar-refractivity contribution is 6.32. The summed E-state index contributed by atoms with van der Waals surface area (Å²) in [4.78, 5) is 30.8. The molecule has 0 aromatic carbocycles. The Hall–Kier alpha value is -2.91. The molecule has 0 aliphatic carbocycles. The first kappa shape index (κ1) is 21.9. The molecule has 0 saturated carbocycles. The van der Waals surface area contributed by atoms with Gasteiger partial charge in [0.1, 0.15) is 10.7 Å². The van der Waals surface area contributed by atoms with Gasteiger partial charge in [-0.2, -0.15) is 4.98 Å². The van der Waals surface area contributed by atoms with Gasteiger partial charge in [0, 0.05) is 38.9 Å². The molecule has 0 radical (unpaired) electrons. The molecule has 2 saturated heterocycles. The molecular formula is C23H29ClN8O. The molecule has 0 bridgehead atoms. The Bertz CT molecular complexity index is 1170. The van der Waals surface area contributed by atoms with Crippen molar-refractivity contribution in [2.75, 3.05) is 43.0 Å². The van der Waals surface area contributed by atoms with E-state index in [2.05, 4.69) is 25.5 Å². The average Bonchev–Trinajstić information content (AvgIpc) is 3.43. The average molecular weight is 469 g/mol. The third kappa shape index (κ3) is 4.11. The van der Waals surface area contributed by atoms with Crippen LogP contribution in [0.15, 0.2) is 36.8 Å². The Labute approximate surface area is 198 Å². The molecule has 174 valence electrons. The second-order valence-corrected chi connectivity index (χ2v) is 9.79. The number of nitrogens with zero attached hydrogens (tertiary/aromatic N) is 6. The van der Waals surface area contributed by atoms with Crippen LogP contribution in [0.3, 0.4) is 0 Å². The second kappa shape index (κ2) is 8.46.